The molecule has 1 heterocycles. The Hall–Kier alpha value is -1.82. The molecule has 0 aliphatic heterocycles. The number of allylic oxidation sites excluding steroid dienone is 1. The number of carbonyl (C=O) groups is 1. The highest BCUT2D eigenvalue weighted by Crippen LogP contribution is 2.28. The number of nitrogens with one attached hydrogen (secondary N) is 2. The maximum Gasteiger partial charge on any atom is 0.287 e. The Morgan fingerprint density at radius 2 is 2.30 bits per heavy atom. The van der Waals surface area contributed by atoms with Crippen LogP contribution in [0.5, 0.6) is 0 Å². The van der Waals surface area contributed by atoms with Gasteiger partial charge in [0.2, 0.25) is 5.91 Å². The molecule has 1 aromatic rings. The fourth-order valence-electron chi connectivity index (χ4n) is 1.71. The van der Waals surface area contributed by atoms with Crippen LogP contribution in [0.25, 0.3) is 0 Å². The van der Waals surface area contributed by atoms with Crippen molar-refractivity contribution >= 4 is 23.2 Å². The van der Waals surface area contributed by atoms with Gasteiger partial charge in [-0.1, -0.05) is 17.7 Å². The zero-order valence-corrected chi connectivity index (χ0v) is 11.8. The predicted octanol–water partition coefficient (Wildman–Crippen LogP) is 1.02. The van der Waals surface area contributed by atoms with E-state index >= 15 is 0 Å². The van der Waals surface area contributed by atoms with Gasteiger partial charge < -0.3 is 10.6 Å². The molecule has 1 saturated carbocycles. The largest absolute Gasteiger partial charge is 0.381 e. The summed E-state index contributed by atoms with van der Waals surface area (Å²) in [4.78, 5) is 23.2. The zero-order valence-electron chi connectivity index (χ0n) is 11.1. The number of hydrogen-bond donors (Lipinski definition) is 2. The first-order chi connectivity index (χ1) is 9.63. The number of aromatic nitrogens is 2. The quantitative estimate of drug-likeness (QED) is 0.582. The van der Waals surface area contributed by atoms with Gasteiger partial charge in [0.15, 0.2) is 0 Å². The summed E-state index contributed by atoms with van der Waals surface area (Å²) < 4.78 is 1.23. The number of halogens is 1. The molecule has 2 N–H and O–H groups in total. The molecule has 20 heavy (non-hydrogen) atoms. The van der Waals surface area contributed by atoms with E-state index in [0.717, 1.165) is 12.8 Å². The second kappa shape index (κ2) is 6.56. The lowest BCUT2D eigenvalue weighted by Gasteiger charge is -2.10. The Bertz CT molecular complexity index is 566. The molecule has 1 aliphatic carbocycles. The maximum atomic E-state index is 11.8. The smallest absolute Gasteiger partial charge is 0.287 e. The first kappa shape index (κ1) is 14.6. The molecule has 0 aromatic carbocycles. The van der Waals surface area contributed by atoms with Crippen LogP contribution in [-0.4, -0.2) is 28.8 Å². The summed E-state index contributed by atoms with van der Waals surface area (Å²) in [7, 11) is 0. The lowest BCUT2D eigenvalue weighted by atomic mass is 10.4. The molecule has 0 bridgehead atoms. The minimum atomic E-state index is -0.362. The molecule has 1 aromatic heterocycles. The van der Waals surface area contributed by atoms with Crippen LogP contribution in [0.4, 0.5) is 5.69 Å². The van der Waals surface area contributed by atoms with Crippen molar-refractivity contribution in [2.45, 2.75) is 19.4 Å². The number of nitrogens with zero attached hydrogens (tertiary/aromatic N) is 2. The third kappa shape index (κ3) is 3.60. The van der Waals surface area contributed by atoms with Crippen molar-refractivity contribution in [3.63, 3.8) is 0 Å². The molecule has 1 fully saturated rings. The van der Waals surface area contributed by atoms with E-state index in [4.69, 9.17) is 11.6 Å². The van der Waals surface area contributed by atoms with E-state index in [0.29, 0.717) is 25.3 Å². The van der Waals surface area contributed by atoms with Crippen molar-refractivity contribution in [3.05, 3.63) is 34.2 Å². The van der Waals surface area contributed by atoms with E-state index < -0.39 is 0 Å². The molecule has 0 unspecified atom stereocenters. The van der Waals surface area contributed by atoms with Crippen molar-refractivity contribution in [1.29, 1.82) is 0 Å². The minimum absolute atomic E-state index is 0.0929. The average molecular weight is 297 g/mol. The Morgan fingerprint density at radius 1 is 1.55 bits per heavy atom. The molecule has 2 rings (SSSR count). The Kier molecular flexibility index (Phi) is 4.79. The first-order valence-electron chi connectivity index (χ1n) is 6.51. The summed E-state index contributed by atoms with van der Waals surface area (Å²) in [5.41, 5.74) is 0.108. The summed E-state index contributed by atoms with van der Waals surface area (Å²) in [6.45, 7) is 4.84. The summed E-state index contributed by atoms with van der Waals surface area (Å²) in [5, 5.41) is 9.88. The molecule has 108 valence electrons. The van der Waals surface area contributed by atoms with Crippen molar-refractivity contribution in [2.75, 3.05) is 18.4 Å². The highest BCUT2D eigenvalue weighted by Gasteiger charge is 2.28. The van der Waals surface area contributed by atoms with Gasteiger partial charge in [-0.2, -0.15) is 5.10 Å². The highest BCUT2D eigenvalue weighted by atomic mass is 35.5. The minimum Gasteiger partial charge on any atom is -0.381 e. The summed E-state index contributed by atoms with van der Waals surface area (Å²) in [6.07, 6.45) is 5.04. The molecule has 1 aliphatic rings. The van der Waals surface area contributed by atoms with E-state index in [9.17, 15) is 9.59 Å². The third-order valence-corrected chi connectivity index (χ3v) is 3.34. The topological polar surface area (TPSA) is 76.0 Å². The van der Waals surface area contributed by atoms with Crippen LogP contribution in [0, 0.1) is 5.92 Å². The summed E-state index contributed by atoms with van der Waals surface area (Å²) >= 11 is 5.98. The highest BCUT2D eigenvalue weighted by molar-refractivity contribution is 6.32. The van der Waals surface area contributed by atoms with Crippen molar-refractivity contribution in [2.24, 2.45) is 5.92 Å². The summed E-state index contributed by atoms with van der Waals surface area (Å²) in [6, 6.07) is 0. The van der Waals surface area contributed by atoms with Gasteiger partial charge in [-0.25, -0.2) is 4.68 Å². The van der Waals surface area contributed by atoms with E-state index in [1.54, 1.807) is 6.08 Å². The summed E-state index contributed by atoms with van der Waals surface area (Å²) in [5.74, 6) is 0.292. The van der Waals surface area contributed by atoms with Crippen LogP contribution in [0.2, 0.25) is 5.02 Å². The van der Waals surface area contributed by atoms with E-state index in [2.05, 4.69) is 22.3 Å². The molecule has 1 amide bonds. The number of carbonyl (C=O) groups excluding carboxylic acids is 1. The van der Waals surface area contributed by atoms with Gasteiger partial charge in [-0.05, 0) is 12.8 Å². The van der Waals surface area contributed by atoms with E-state index in [-0.39, 0.29) is 22.4 Å². The van der Waals surface area contributed by atoms with Gasteiger partial charge in [0.05, 0.1) is 18.4 Å². The van der Waals surface area contributed by atoms with Gasteiger partial charge in [-0.3, -0.25) is 9.59 Å². The molecular weight excluding hydrogens is 280 g/mol. The zero-order chi connectivity index (χ0) is 14.5. The van der Waals surface area contributed by atoms with Crippen molar-refractivity contribution in [1.82, 2.24) is 15.1 Å². The second-order valence-corrected chi connectivity index (χ2v) is 5.02. The SMILES string of the molecule is C=CCn1ncc(NCCNC(=O)C2CC2)c(Cl)c1=O. The monoisotopic (exact) mass is 296 g/mol. The Labute approximate surface area is 121 Å². The lowest BCUT2D eigenvalue weighted by molar-refractivity contribution is -0.122. The van der Waals surface area contributed by atoms with Crippen LogP contribution in [0.1, 0.15) is 12.8 Å². The van der Waals surface area contributed by atoms with Crippen LogP contribution < -0.4 is 16.2 Å². The fraction of sp³-hybridized carbons (Fsp3) is 0.462. The Balaban J connectivity index is 1.86. The van der Waals surface area contributed by atoms with Crippen LogP contribution in [0.3, 0.4) is 0 Å². The molecular formula is C13H17ClN4O2. The number of amides is 1. The van der Waals surface area contributed by atoms with E-state index in [1.807, 2.05) is 0 Å². The predicted molar refractivity (Wildman–Crippen MR) is 77.9 cm³/mol. The average Bonchev–Trinajstić information content (AvgIpc) is 3.26. The fourth-order valence-corrected chi connectivity index (χ4v) is 1.93. The molecule has 7 heteroatoms. The second-order valence-electron chi connectivity index (χ2n) is 4.64. The van der Waals surface area contributed by atoms with Gasteiger partial charge >= 0.3 is 0 Å². The van der Waals surface area contributed by atoms with Gasteiger partial charge in [0, 0.05) is 19.0 Å². The molecule has 0 radical (unpaired) electrons. The van der Waals surface area contributed by atoms with Gasteiger partial charge in [0.1, 0.15) is 5.02 Å². The number of anilines is 1. The normalized spacial score (nSPS) is 13.8. The van der Waals surface area contributed by atoms with Gasteiger partial charge in [0.25, 0.3) is 5.56 Å². The molecule has 0 saturated heterocycles. The first-order valence-corrected chi connectivity index (χ1v) is 6.89. The van der Waals surface area contributed by atoms with E-state index in [1.165, 1.54) is 10.9 Å². The van der Waals surface area contributed by atoms with Gasteiger partial charge in [-0.15, -0.1) is 6.58 Å². The van der Waals surface area contributed by atoms with Crippen molar-refractivity contribution in [3.8, 4) is 0 Å². The maximum absolute atomic E-state index is 11.8. The van der Waals surface area contributed by atoms with Crippen LogP contribution in [-0.2, 0) is 11.3 Å². The standard InChI is InChI=1S/C13H17ClN4O2/c1-2-7-18-13(20)11(14)10(8-17-18)15-5-6-16-12(19)9-3-4-9/h2,8-9,15H,1,3-7H2,(H,16,19). The van der Waals surface area contributed by atoms with Crippen LogP contribution >= 0.6 is 11.6 Å². The Morgan fingerprint density at radius 3 is 2.95 bits per heavy atom. The number of rotatable bonds is 7. The molecule has 0 atom stereocenters. The molecule has 6 nitrogen and oxygen atoms in total. The molecule has 0 spiro atoms. The van der Waals surface area contributed by atoms with Crippen molar-refractivity contribution < 1.29 is 4.79 Å². The lowest BCUT2D eigenvalue weighted by Crippen LogP contribution is -2.30. The third-order valence-electron chi connectivity index (χ3n) is 2.97. The number of hydrogen-bond acceptors (Lipinski definition) is 4. The van der Waals surface area contributed by atoms with Crippen LogP contribution in [0.15, 0.2) is 23.6 Å².